The third kappa shape index (κ3) is 3.47. The molecule has 19 heteroatoms. The standard InChI is InChI=1S/C10H2F16N2S/c11-1(12)5(15,16)9(23,24)7(19,20)3-27-4(29-28-3)8(21,22)10(25,26)6(17,18)2(13)14/h1-2H. The fourth-order valence-electron chi connectivity index (χ4n) is 1.45. The van der Waals surface area contributed by atoms with Gasteiger partial charge in [0.1, 0.15) is 0 Å². The molecular weight excluding hydrogens is 484 g/mol. The Bertz CT molecular complexity index is 667. The molecule has 29 heavy (non-hydrogen) atoms. The van der Waals surface area contributed by atoms with Gasteiger partial charge in [-0.3, -0.25) is 0 Å². The van der Waals surface area contributed by atoms with Gasteiger partial charge in [0.2, 0.25) is 5.82 Å². The Morgan fingerprint density at radius 2 is 0.931 bits per heavy atom. The Kier molecular flexibility index (Phi) is 6.15. The Labute approximate surface area is 151 Å². The summed E-state index contributed by atoms with van der Waals surface area (Å²) in [5.74, 6) is -44.0. The smallest absolute Gasteiger partial charge is 0.212 e. The molecule has 0 aliphatic heterocycles. The maximum Gasteiger partial charge on any atom is 0.385 e. The van der Waals surface area contributed by atoms with Crippen molar-refractivity contribution in [1.29, 1.82) is 0 Å². The Morgan fingerprint density at radius 1 is 0.586 bits per heavy atom. The Morgan fingerprint density at radius 3 is 1.28 bits per heavy atom. The van der Waals surface area contributed by atoms with Crippen molar-refractivity contribution in [2.75, 3.05) is 0 Å². The van der Waals surface area contributed by atoms with Gasteiger partial charge in [-0.25, -0.2) is 22.5 Å². The summed E-state index contributed by atoms with van der Waals surface area (Å²) in [6.07, 6.45) is -10.9. The highest BCUT2D eigenvalue weighted by Crippen LogP contribution is 2.56. The molecule has 1 aromatic heterocycles. The van der Waals surface area contributed by atoms with Crippen LogP contribution in [0.3, 0.4) is 0 Å². The lowest BCUT2D eigenvalue weighted by molar-refractivity contribution is -0.346. The molecule has 1 heterocycles. The molecule has 0 radical (unpaired) electrons. The van der Waals surface area contributed by atoms with E-state index in [1.807, 2.05) is 4.37 Å². The zero-order valence-electron chi connectivity index (χ0n) is 12.5. The van der Waals surface area contributed by atoms with Crippen LogP contribution in [0.25, 0.3) is 0 Å². The first-order chi connectivity index (χ1) is 12.6. The molecule has 1 rings (SSSR count). The first-order valence-electron chi connectivity index (χ1n) is 6.28. The van der Waals surface area contributed by atoms with Crippen LogP contribution in [0.15, 0.2) is 0 Å². The summed E-state index contributed by atoms with van der Waals surface area (Å²) in [5.41, 5.74) is 0. The number of nitrogens with zero attached hydrogens (tertiary/aromatic N) is 2. The molecule has 1 aromatic rings. The summed E-state index contributed by atoms with van der Waals surface area (Å²) in [5, 5.41) is -2.98. The van der Waals surface area contributed by atoms with E-state index in [0.29, 0.717) is 0 Å². The van der Waals surface area contributed by atoms with Crippen LogP contribution < -0.4 is 0 Å². The van der Waals surface area contributed by atoms with Crippen molar-refractivity contribution in [3.05, 3.63) is 10.8 Å². The summed E-state index contributed by atoms with van der Waals surface area (Å²) < 4.78 is 207. The van der Waals surface area contributed by atoms with E-state index in [9.17, 15) is 70.2 Å². The van der Waals surface area contributed by atoms with Gasteiger partial charge < -0.3 is 0 Å². The van der Waals surface area contributed by atoms with Crippen LogP contribution in [0, 0.1) is 0 Å². The van der Waals surface area contributed by atoms with Gasteiger partial charge in [-0.05, 0) is 11.5 Å². The van der Waals surface area contributed by atoms with Crippen LogP contribution >= 0.6 is 11.5 Å². The number of halogens is 16. The molecule has 0 N–H and O–H groups in total. The molecule has 170 valence electrons. The van der Waals surface area contributed by atoms with E-state index in [4.69, 9.17) is 0 Å². The zero-order chi connectivity index (χ0) is 23.4. The van der Waals surface area contributed by atoms with E-state index in [0.717, 1.165) is 0 Å². The van der Waals surface area contributed by atoms with Crippen LogP contribution in [0.5, 0.6) is 0 Å². The highest BCUT2D eigenvalue weighted by Gasteiger charge is 2.79. The summed E-state index contributed by atoms with van der Waals surface area (Å²) in [7, 11) is 0. The zero-order valence-corrected chi connectivity index (χ0v) is 13.3. The average molecular weight is 486 g/mol. The number of rotatable bonds is 8. The van der Waals surface area contributed by atoms with E-state index < -0.39 is 70.8 Å². The third-order valence-corrected chi connectivity index (χ3v) is 3.93. The van der Waals surface area contributed by atoms with Crippen molar-refractivity contribution in [3.63, 3.8) is 0 Å². The van der Waals surface area contributed by atoms with E-state index in [-0.39, 0.29) is 0 Å². The molecule has 0 amide bonds. The lowest BCUT2D eigenvalue weighted by Gasteiger charge is -2.31. The number of alkyl halides is 16. The van der Waals surface area contributed by atoms with E-state index in [1.54, 1.807) is 4.98 Å². The molecule has 0 saturated carbocycles. The van der Waals surface area contributed by atoms with Crippen molar-refractivity contribution < 1.29 is 70.2 Å². The van der Waals surface area contributed by atoms with E-state index in [1.165, 1.54) is 0 Å². The predicted molar refractivity (Wildman–Crippen MR) is 59.5 cm³/mol. The molecule has 0 unspecified atom stereocenters. The number of hydrogen-bond donors (Lipinski definition) is 0. The van der Waals surface area contributed by atoms with Crippen LogP contribution in [0.1, 0.15) is 10.8 Å². The molecule has 0 spiro atoms. The van der Waals surface area contributed by atoms with Crippen LogP contribution in [0.4, 0.5) is 70.2 Å². The summed E-state index contributed by atoms with van der Waals surface area (Å²) in [4.78, 5) is 1.62. The Balaban J connectivity index is 3.48. The average Bonchev–Trinajstić information content (AvgIpc) is 3.04. The summed E-state index contributed by atoms with van der Waals surface area (Å²) >= 11 is -1.44. The van der Waals surface area contributed by atoms with Gasteiger partial charge in [-0.2, -0.15) is 57.1 Å². The molecule has 0 bridgehead atoms. The van der Waals surface area contributed by atoms with E-state index >= 15 is 0 Å². The second kappa shape index (κ2) is 7.00. The lowest BCUT2D eigenvalue weighted by atomic mass is 10.0. The molecule has 0 aromatic carbocycles. The van der Waals surface area contributed by atoms with Crippen molar-refractivity contribution in [1.82, 2.24) is 9.36 Å². The van der Waals surface area contributed by atoms with Crippen LogP contribution in [0.2, 0.25) is 0 Å². The van der Waals surface area contributed by atoms with E-state index in [2.05, 4.69) is 0 Å². The quantitative estimate of drug-likeness (QED) is 0.435. The SMILES string of the molecule is FC(F)C(F)(F)C(F)(F)C(F)(F)c1nsc(C(F)(F)C(F)(F)C(F)(F)C(F)F)n1. The van der Waals surface area contributed by atoms with Crippen molar-refractivity contribution in [3.8, 4) is 0 Å². The fraction of sp³-hybridized carbons (Fsp3) is 0.800. The third-order valence-electron chi connectivity index (χ3n) is 3.15. The molecule has 2 nitrogen and oxygen atoms in total. The van der Waals surface area contributed by atoms with Gasteiger partial charge in [-0.15, -0.1) is 0 Å². The molecule has 0 aliphatic carbocycles. The largest absolute Gasteiger partial charge is 0.385 e. The topological polar surface area (TPSA) is 25.8 Å². The molecule has 0 aliphatic rings. The monoisotopic (exact) mass is 486 g/mol. The van der Waals surface area contributed by atoms with Crippen molar-refractivity contribution >= 4 is 11.5 Å². The second-order valence-electron chi connectivity index (χ2n) is 5.07. The van der Waals surface area contributed by atoms with Gasteiger partial charge in [-0.1, -0.05) is 0 Å². The van der Waals surface area contributed by atoms with Crippen molar-refractivity contribution in [2.24, 2.45) is 0 Å². The molecule has 0 fully saturated rings. The highest BCUT2D eigenvalue weighted by molar-refractivity contribution is 7.05. The van der Waals surface area contributed by atoms with Gasteiger partial charge in [0.05, 0.1) is 0 Å². The highest BCUT2D eigenvalue weighted by atomic mass is 32.1. The first kappa shape index (κ1) is 25.5. The van der Waals surface area contributed by atoms with Crippen molar-refractivity contribution in [2.45, 2.75) is 48.4 Å². The normalized spacial score (nSPS) is 15.5. The minimum atomic E-state index is -7.07. The molecular formula is C10H2F16N2S. The minimum Gasteiger partial charge on any atom is -0.212 e. The maximum atomic E-state index is 13.5. The Hall–Kier alpha value is -1.56. The fourth-order valence-corrected chi connectivity index (χ4v) is 2.14. The maximum absolute atomic E-state index is 13.5. The minimum absolute atomic E-state index is 1.44. The summed E-state index contributed by atoms with van der Waals surface area (Å²) in [6, 6.07) is 0. The number of aromatic nitrogens is 2. The predicted octanol–water partition coefficient (Wildman–Crippen LogP) is 5.79. The van der Waals surface area contributed by atoms with Gasteiger partial charge >= 0.3 is 48.4 Å². The van der Waals surface area contributed by atoms with Crippen LogP contribution in [-0.2, 0) is 11.8 Å². The number of hydrogen-bond acceptors (Lipinski definition) is 3. The van der Waals surface area contributed by atoms with Gasteiger partial charge in [0, 0.05) is 0 Å². The lowest BCUT2D eigenvalue weighted by Crippen LogP contribution is -2.57. The summed E-state index contributed by atoms with van der Waals surface area (Å²) in [6.45, 7) is 0. The second-order valence-corrected chi connectivity index (χ2v) is 5.82. The molecule has 0 saturated heterocycles. The van der Waals surface area contributed by atoms with Gasteiger partial charge in [0.25, 0.3) is 0 Å². The van der Waals surface area contributed by atoms with Crippen LogP contribution in [-0.4, -0.2) is 45.9 Å². The molecule has 0 atom stereocenters. The first-order valence-corrected chi connectivity index (χ1v) is 7.05. The van der Waals surface area contributed by atoms with Gasteiger partial charge in [0.15, 0.2) is 5.01 Å².